The van der Waals surface area contributed by atoms with E-state index in [1.807, 2.05) is 0 Å². The summed E-state index contributed by atoms with van der Waals surface area (Å²) in [7, 11) is 0. The van der Waals surface area contributed by atoms with Crippen molar-refractivity contribution in [2.24, 2.45) is 16.8 Å². The second kappa shape index (κ2) is 5.26. The van der Waals surface area contributed by atoms with E-state index < -0.39 is 0 Å². The van der Waals surface area contributed by atoms with E-state index in [0.29, 0.717) is 6.04 Å². The van der Waals surface area contributed by atoms with Crippen LogP contribution in [0, 0.1) is 11.8 Å². The van der Waals surface area contributed by atoms with E-state index in [4.69, 9.17) is 4.99 Å². The van der Waals surface area contributed by atoms with Crippen LogP contribution in [0.2, 0.25) is 0 Å². The summed E-state index contributed by atoms with van der Waals surface area (Å²) in [5, 5.41) is 0. The van der Waals surface area contributed by atoms with Gasteiger partial charge >= 0.3 is 0 Å². The van der Waals surface area contributed by atoms with Gasteiger partial charge in [-0.3, -0.25) is 4.99 Å². The maximum atomic E-state index is 4.96. The van der Waals surface area contributed by atoms with Crippen LogP contribution in [0.15, 0.2) is 35.3 Å². The molecule has 1 nitrogen and oxygen atoms in total. The van der Waals surface area contributed by atoms with Gasteiger partial charge in [0.1, 0.15) is 0 Å². The number of rotatable bonds is 3. The Balaban J connectivity index is 1.64. The molecule has 0 radical (unpaired) electrons. The number of aliphatic imine (C=N–C) groups is 1. The van der Waals surface area contributed by atoms with Gasteiger partial charge in [0.05, 0.1) is 6.04 Å². The minimum absolute atomic E-state index is 0.584. The van der Waals surface area contributed by atoms with Gasteiger partial charge < -0.3 is 0 Å². The van der Waals surface area contributed by atoms with Crippen molar-refractivity contribution in [2.45, 2.75) is 51.5 Å². The average Bonchev–Trinajstić information content (AvgIpc) is 2.75. The van der Waals surface area contributed by atoms with Gasteiger partial charge in [0.15, 0.2) is 0 Å². The van der Waals surface area contributed by atoms with Crippen LogP contribution in [0.4, 0.5) is 0 Å². The summed E-state index contributed by atoms with van der Waals surface area (Å²) in [6, 6.07) is 11.4. The SMILES string of the molecule is CC1N=C(CCc2ccccc2)[C@@H]2CCCC[C@H]12. The van der Waals surface area contributed by atoms with Crippen molar-refractivity contribution in [1.29, 1.82) is 0 Å². The van der Waals surface area contributed by atoms with E-state index in [2.05, 4.69) is 37.3 Å². The molecule has 0 N–H and O–H groups in total. The monoisotopic (exact) mass is 241 g/mol. The van der Waals surface area contributed by atoms with Gasteiger partial charge in [-0.15, -0.1) is 0 Å². The zero-order valence-corrected chi connectivity index (χ0v) is 11.3. The fraction of sp³-hybridized carbons (Fsp3) is 0.588. The topological polar surface area (TPSA) is 12.4 Å². The molecule has 1 heteroatoms. The molecule has 0 saturated heterocycles. The Bertz CT molecular complexity index is 420. The lowest BCUT2D eigenvalue weighted by Crippen LogP contribution is -2.25. The van der Waals surface area contributed by atoms with E-state index in [0.717, 1.165) is 18.3 Å². The molecule has 3 atom stereocenters. The van der Waals surface area contributed by atoms with Crippen molar-refractivity contribution < 1.29 is 0 Å². The highest BCUT2D eigenvalue weighted by Gasteiger charge is 2.37. The first-order valence-electron chi connectivity index (χ1n) is 7.45. The number of hydrogen-bond acceptors (Lipinski definition) is 1. The number of hydrogen-bond donors (Lipinski definition) is 0. The summed E-state index contributed by atoms with van der Waals surface area (Å²) >= 11 is 0. The van der Waals surface area contributed by atoms with Crippen LogP contribution < -0.4 is 0 Å². The van der Waals surface area contributed by atoms with Crippen LogP contribution in [-0.4, -0.2) is 11.8 Å². The zero-order chi connectivity index (χ0) is 12.4. The molecule has 0 aromatic heterocycles. The van der Waals surface area contributed by atoms with Crippen LogP contribution in [0.1, 0.15) is 44.6 Å². The Labute approximate surface area is 110 Å². The van der Waals surface area contributed by atoms with Crippen molar-refractivity contribution in [3.63, 3.8) is 0 Å². The van der Waals surface area contributed by atoms with Crippen LogP contribution in [0.25, 0.3) is 0 Å². The molecule has 0 bridgehead atoms. The number of fused-ring (bicyclic) bond motifs is 1. The second-order valence-corrected chi connectivity index (χ2v) is 5.90. The first kappa shape index (κ1) is 12.0. The molecule has 1 aromatic carbocycles. The quantitative estimate of drug-likeness (QED) is 0.749. The zero-order valence-electron chi connectivity index (χ0n) is 11.3. The molecule has 1 aromatic rings. The molecule has 96 valence electrons. The van der Waals surface area contributed by atoms with Gasteiger partial charge in [-0.25, -0.2) is 0 Å². The normalized spacial score (nSPS) is 30.9. The maximum absolute atomic E-state index is 4.96. The van der Waals surface area contributed by atoms with Gasteiger partial charge in [-0.2, -0.15) is 0 Å². The predicted molar refractivity (Wildman–Crippen MR) is 77.1 cm³/mol. The van der Waals surface area contributed by atoms with Crippen molar-refractivity contribution in [1.82, 2.24) is 0 Å². The lowest BCUT2D eigenvalue weighted by molar-refractivity contribution is 0.289. The Hall–Kier alpha value is -1.11. The lowest BCUT2D eigenvalue weighted by atomic mass is 9.75. The summed E-state index contributed by atoms with van der Waals surface area (Å²) in [6.45, 7) is 2.32. The van der Waals surface area contributed by atoms with Gasteiger partial charge in [0.2, 0.25) is 0 Å². The van der Waals surface area contributed by atoms with Gasteiger partial charge in [0, 0.05) is 11.6 Å². The van der Waals surface area contributed by atoms with Crippen LogP contribution >= 0.6 is 0 Å². The predicted octanol–water partition coefficient (Wildman–Crippen LogP) is 4.27. The third-order valence-electron chi connectivity index (χ3n) is 4.75. The van der Waals surface area contributed by atoms with E-state index in [1.165, 1.54) is 43.4 Å². The maximum Gasteiger partial charge on any atom is 0.0505 e. The van der Waals surface area contributed by atoms with Crippen molar-refractivity contribution in [3.05, 3.63) is 35.9 Å². The summed E-state index contributed by atoms with van der Waals surface area (Å²) < 4.78 is 0. The molecular weight excluding hydrogens is 218 g/mol. The van der Waals surface area contributed by atoms with E-state index in [1.54, 1.807) is 0 Å². The van der Waals surface area contributed by atoms with E-state index in [-0.39, 0.29) is 0 Å². The van der Waals surface area contributed by atoms with Crippen LogP contribution in [-0.2, 0) is 6.42 Å². The van der Waals surface area contributed by atoms with Crippen LogP contribution in [0.5, 0.6) is 0 Å². The highest BCUT2D eigenvalue weighted by Crippen LogP contribution is 2.40. The molecule has 1 fully saturated rings. The molecule has 0 amide bonds. The van der Waals surface area contributed by atoms with E-state index >= 15 is 0 Å². The Morgan fingerprint density at radius 3 is 2.67 bits per heavy atom. The highest BCUT2D eigenvalue weighted by atomic mass is 14.9. The highest BCUT2D eigenvalue weighted by molar-refractivity contribution is 5.89. The minimum Gasteiger partial charge on any atom is -0.290 e. The number of nitrogens with zero attached hydrogens (tertiary/aromatic N) is 1. The van der Waals surface area contributed by atoms with Crippen molar-refractivity contribution >= 4 is 5.71 Å². The first-order chi connectivity index (χ1) is 8.84. The van der Waals surface area contributed by atoms with Crippen molar-refractivity contribution in [2.75, 3.05) is 0 Å². The summed E-state index contributed by atoms with van der Waals surface area (Å²) in [5.41, 5.74) is 2.98. The molecule has 1 heterocycles. The molecular formula is C17H23N. The average molecular weight is 241 g/mol. The Kier molecular flexibility index (Phi) is 3.49. The second-order valence-electron chi connectivity index (χ2n) is 5.90. The molecule has 1 saturated carbocycles. The molecule has 0 spiro atoms. The molecule has 1 unspecified atom stereocenters. The molecule has 18 heavy (non-hydrogen) atoms. The minimum atomic E-state index is 0.584. The smallest absolute Gasteiger partial charge is 0.0505 e. The number of benzene rings is 1. The summed E-state index contributed by atoms with van der Waals surface area (Å²) in [6.07, 6.45) is 7.98. The van der Waals surface area contributed by atoms with Gasteiger partial charge in [0.25, 0.3) is 0 Å². The van der Waals surface area contributed by atoms with Gasteiger partial charge in [-0.05, 0) is 44.1 Å². The summed E-state index contributed by atoms with van der Waals surface area (Å²) in [4.78, 5) is 4.96. The molecule has 1 aliphatic heterocycles. The third kappa shape index (κ3) is 2.36. The molecule has 3 rings (SSSR count). The van der Waals surface area contributed by atoms with Crippen molar-refractivity contribution in [3.8, 4) is 0 Å². The fourth-order valence-corrected chi connectivity index (χ4v) is 3.77. The molecule has 2 aliphatic rings. The van der Waals surface area contributed by atoms with Crippen LogP contribution in [0.3, 0.4) is 0 Å². The Morgan fingerprint density at radius 2 is 1.83 bits per heavy atom. The van der Waals surface area contributed by atoms with Gasteiger partial charge in [-0.1, -0.05) is 43.2 Å². The largest absolute Gasteiger partial charge is 0.290 e. The lowest BCUT2D eigenvalue weighted by Gasteiger charge is -2.28. The Morgan fingerprint density at radius 1 is 1.06 bits per heavy atom. The third-order valence-corrected chi connectivity index (χ3v) is 4.75. The first-order valence-corrected chi connectivity index (χ1v) is 7.45. The van der Waals surface area contributed by atoms with E-state index in [9.17, 15) is 0 Å². The fourth-order valence-electron chi connectivity index (χ4n) is 3.77. The summed E-state index contributed by atoms with van der Waals surface area (Å²) in [5.74, 6) is 1.68. The number of aryl methyl sites for hydroxylation is 1. The molecule has 1 aliphatic carbocycles. The standard InChI is InChI=1S/C17H23N/c1-13-15-9-5-6-10-16(15)17(18-13)12-11-14-7-3-2-4-8-14/h2-4,7-8,13,15-16H,5-6,9-12H2,1H3/t13?,15-,16-/m1/s1.